The first-order valence-corrected chi connectivity index (χ1v) is 6.39. The molecule has 0 bridgehead atoms. The molecule has 0 atom stereocenters. The van der Waals surface area contributed by atoms with Gasteiger partial charge in [-0.15, -0.1) is 6.58 Å². The van der Waals surface area contributed by atoms with Crippen molar-refractivity contribution in [2.75, 3.05) is 13.1 Å². The fraction of sp³-hybridized carbons (Fsp3) is 0.214. The number of aromatic amines is 1. The van der Waals surface area contributed by atoms with Crippen LogP contribution in [0.2, 0.25) is 0 Å². The van der Waals surface area contributed by atoms with Crippen molar-refractivity contribution in [2.24, 2.45) is 0 Å². The van der Waals surface area contributed by atoms with E-state index in [1.807, 2.05) is 6.20 Å². The lowest BCUT2D eigenvalue weighted by atomic mass is 10.1. The van der Waals surface area contributed by atoms with E-state index in [0.717, 1.165) is 13.0 Å². The second-order valence-electron chi connectivity index (χ2n) is 4.07. The Morgan fingerprint density at radius 1 is 1.33 bits per heavy atom. The summed E-state index contributed by atoms with van der Waals surface area (Å²) in [5.74, 6) is 0. The zero-order chi connectivity index (χ0) is 12.8. The second-order valence-corrected chi connectivity index (χ2v) is 4.48. The van der Waals surface area contributed by atoms with Gasteiger partial charge in [-0.25, -0.2) is 0 Å². The van der Waals surface area contributed by atoms with Crippen LogP contribution in [0.15, 0.2) is 43.1 Å². The molecule has 1 heterocycles. The van der Waals surface area contributed by atoms with E-state index in [0.29, 0.717) is 11.7 Å². The zero-order valence-corrected chi connectivity index (χ0v) is 11.0. The summed E-state index contributed by atoms with van der Waals surface area (Å²) in [6.07, 6.45) is 4.70. The molecule has 0 fully saturated rings. The average Bonchev–Trinajstić information content (AvgIpc) is 2.83. The van der Waals surface area contributed by atoms with Crippen molar-refractivity contribution in [1.29, 1.82) is 0 Å². The molecular weight excluding hydrogens is 242 g/mol. The quantitative estimate of drug-likeness (QED) is 0.570. The van der Waals surface area contributed by atoms with E-state index in [2.05, 4.69) is 46.5 Å². The molecule has 0 saturated heterocycles. The van der Waals surface area contributed by atoms with Crippen LogP contribution in [0.25, 0.3) is 10.9 Å². The fourth-order valence-corrected chi connectivity index (χ4v) is 1.99. The number of benzene rings is 1. The van der Waals surface area contributed by atoms with Gasteiger partial charge in [0.15, 0.2) is 5.11 Å². The lowest BCUT2D eigenvalue weighted by Crippen LogP contribution is -2.36. The molecule has 0 spiro atoms. The van der Waals surface area contributed by atoms with Crippen LogP contribution in [0.3, 0.4) is 0 Å². The van der Waals surface area contributed by atoms with E-state index in [1.54, 1.807) is 6.08 Å². The third-order valence-electron chi connectivity index (χ3n) is 2.72. The van der Waals surface area contributed by atoms with Crippen molar-refractivity contribution in [1.82, 2.24) is 15.6 Å². The molecule has 0 radical (unpaired) electrons. The summed E-state index contributed by atoms with van der Waals surface area (Å²) in [7, 11) is 0. The summed E-state index contributed by atoms with van der Waals surface area (Å²) in [5.41, 5.74) is 2.48. The lowest BCUT2D eigenvalue weighted by molar-refractivity contribution is 0.841. The van der Waals surface area contributed by atoms with E-state index in [9.17, 15) is 0 Å². The summed E-state index contributed by atoms with van der Waals surface area (Å²) in [6, 6.07) is 8.54. The number of fused-ring (bicyclic) bond motifs is 1. The summed E-state index contributed by atoms with van der Waals surface area (Å²) in [6.45, 7) is 5.16. The third kappa shape index (κ3) is 3.34. The van der Waals surface area contributed by atoms with E-state index < -0.39 is 0 Å². The van der Waals surface area contributed by atoms with Crippen LogP contribution in [0.1, 0.15) is 5.56 Å². The molecule has 94 valence electrons. The van der Waals surface area contributed by atoms with Gasteiger partial charge in [-0.3, -0.25) is 0 Å². The smallest absolute Gasteiger partial charge is 0.166 e. The predicted molar refractivity (Wildman–Crippen MR) is 80.8 cm³/mol. The van der Waals surface area contributed by atoms with Gasteiger partial charge in [0.2, 0.25) is 0 Å². The number of H-pyrrole nitrogens is 1. The maximum Gasteiger partial charge on any atom is 0.166 e. The fourth-order valence-electron chi connectivity index (χ4n) is 1.81. The van der Waals surface area contributed by atoms with Gasteiger partial charge < -0.3 is 15.6 Å². The minimum atomic E-state index is 0.678. The zero-order valence-electron chi connectivity index (χ0n) is 10.2. The highest BCUT2D eigenvalue weighted by Gasteiger charge is 1.98. The Kier molecular flexibility index (Phi) is 4.36. The van der Waals surface area contributed by atoms with Crippen molar-refractivity contribution in [2.45, 2.75) is 6.42 Å². The minimum absolute atomic E-state index is 0.678. The van der Waals surface area contributed by atoms with Crippen LogP contribution >= 0.6 is 12.2 Å². The number of hydrogen-bond donors (Lipinski definition) is 3. The molecule has 18 heavy (non-hydrogen) atoms. The maximum absolute atomic E-state index is 5.12. The molecule has 1 aromatic carbocycles. The molecule has 3 nitrogen and oxygen atoms in total. The molecule has 3 N–H and O–H groups in total. The molecule has 0 amide bonds. The number of rotatable bonds is 5. The molecule has 2 aromatic rings. The molecule has 4 heteroatoms. The third-order valence-corrected chi connectivity index (χ3v) is 3.01. The lowest BCUT2D eigenvalue weighted by Gasteiger charge is -2.08. The van der Waals surface area contributed by atoms with Gasteiger partial charge in [-0.2, -0.15) is 0 Å². The summed E-state index contributed by atoms with van der Waals surface area (Å²) in [4.78, 5) is 3.19. The number of nitrogens with one attached hydrogen (secondary N) is 3. The highest BCUT2D eigenvalue weighted by atomic mass is 32.1. The second kappa shape index (κ2) is 6.21. The van der Waals surface area contributed by atoms with E-state index in [4.69, 9.17) is 12.2 Å². The maximum atomic E-state index is 5.12. The Balaban J connectivity index is 1.82. The largest absolute Gasteiger partial charge is 0.362 e. The van der Waals surface area contributed by atoms with Gasteiger partial charge in [-0.1, -0.05) is 12.1 Å². The Morgan fingerprint density at radius 2 is 2.22 bits per heavy atom. The van der Waals surface area contributed by atoms with Crippen molar-refractivity contribution in [3.63, 3.8) is 0 Å². The van der Waals surface area contributed by atoms with Gasteiger partial charge in [0, 0.05) is 24.8 Å². The number of aromatic nitrogens is 1. The molecule has 0 saturated carbocycles. The molecular formula is C14H17N3S. The number of thiocarbonyl (C=S) groups is 1. The summed E-state index contributed by atoms with van der Waals surface area (Å²) >= 11 is 5.12. The molecule has 0 aliphatic carbocycles. The van der Waals surface area contributed by atoms with Gasteiger partial charge in [0.1, 0.15) is 0 Å². The SMILES string of the molecule is C=CCNC(=S)NCCc1ccc2[nH]ccc2c1. The van der Waals surface area contributed by atoms with Crippen molar-refractivity contribution in [3.05, 3.63) is 48.7 Å². The van der Waals surface area contributed by atoms with E-state index in [1.165, 1.54) is 16.5 Å². The first kappa shape index (κ1) is 12.6. The van der Waals surface area contributed by atoms with E-state index in [-0.39, 0.29) is 0 Å². The number of hydrogen-bond acceptors (Lipinski definition) is 1. The highest BCUT2D eigenvalue weighted by Crippen LogP contribution is 2.14. The average molecular weight is 259 g/mol. The Labute approximate surface area is 112 Å². The highest BCUT2D eigenvalue weighted by molar-refractivity contribution is 7.80. The van der Waals surface area contributed by atoms with Gasteiger partial charge >= 0.3 is 0 Å². The topological polar surface area (TPSA) is 39.8 Å². The molecule has 2 rings (SSSR count). The van der Waals surface area contributed by atoms with Crippen LogP contribution in [0, 0.1) is 0 Å². The van der Waals surface area contributed by atoms with E-state index >= 15 is 0 Å². The van der Waals surface area contributed by atoms with Crippen molar-refractivity contribution in [3.8, 4) is 0 Å². The Bertz CT molecular complexity index is 545. The molecule has 1 aromatic heterocycles. The van der Waals surface area contributed by atoms with Crippen LogP contribution in [0.4, 0.5) is 0 Å². The first-order chi connectivity index (χ1) is 8.79. The molecule has 0 aliphatic rings. The molecule has 0 aliphatic heterocycles. The predicted octanol–water partition coefficient (Wildman–Crippen LogP) is 2.36. The van der Waals surface area contributed by atoms with Crippen molar-refractivity contribution < 1.29 is 0 Å². The monoisotopic (exact) mass is 259 g/mol. The van der Waals surface area contributed by atoms with Crippen LogP contribution in [-0.4, -0.2) is 23.2 Å². The summed E-state index contributed by atoms with van der Waals surface area (Å²) in [5, 5.41) is 8.14. The Morgan fingerprint density at radius 3 is 3.06 bits per heavy atom. The normalized spacial score (nSPS) is 10.2. The minimum Gasteiger partial charge on any atom is -0.362 e. The standard InChI is InChI=1S/C14H17N3S/c1-2-7-16-14(18)17-8-5-11-3-4-13-12(10-11)6-9-15-13/h2-4,6,9-10,15H,1,5,7-8H2,(H2,16,17,18). The summed E-state index contributed by atoms with van der Waals surface area (Å²) < 4.78 is 0. The van der Waals surface area contributed by atoms with Crippen LogP contribution < -0.4 is 10.6 Å². The van der Waals surface area contributed by atoms with Gasteiger partial charge in [0.05, 0.1) is 0 Å². The Hall–Kier alpha value is -1.81. The van der Waals surface area contributed by atoms with Gasteiger partial charge in [0.25, 0.3) is 0 Å². The van der Waals surface area contributed by atoms with Crippen LogP contribution in [0.5, 0.6) is 0 Å². The van der Waals surface area contributed by atoms with Crippen LogP contribution in [-0.2, 0) is 6.42 Å². The van der Waals surface area contributed by atoms with Crippen molar-refractivity contribution >= 4 is 28.2 Å². The molecule has 0 unspecified atom stereocenters. The first-order valence-electron chi connectivity index (χ1n) is 5.98. The van der Waals surface area contributed by atoms with Gasteiger partial charge in [-0.05, 0) is 47.8 Å².